The Labute approximate surface area is 95.6 Å². The minimum Gasteiger partial charge on any atom is -0.355 e. The van der Waals surface area contributed by atoms with Crippen LogP contribution in [-0.2, 0) is 0 Å². The minimum atomic E-state index is 0.680. The van der Waals surface area contributed by atoms with Crippen LogP contribution in [0.2, 0.25) is 0 Å². The summed E-state index contributed by atoms with van der Waals surface area (Å²) < 4.78 is 0. The normalized spacial score (nSPS) is 10.1. The second-order valence-electron chi connectivity index (χ2n) is 3.70. The minimum absolute atomic E-state index is 0.680. The van der Waals surface area contributed by atoms with E-state index in [1.54, 1.807) is 0 Å². The maximum atomic E-state index is 4.25. The summed E-state index contributed by atoms with van der Waals surface area (Å²) in [5.41, 5.74) is 3.45. The van der Waals surface area contributed by atoms with Gasteiger partial charge in [0.2, 0.25) is 5.95 Å². The largest absolute Gasteiger partial charge is 0.355 e. The lowest BCUT2D eigenvalue weighted by Gasteiger charge is -2.04. The second kappa shape index (κ2) is 4.75. The Morgan fingerprint density at radius 3 is 2.50 bits per heavy atom. The van der Waals surface area contributed by atoms with Gasteiger partial charge in [0, 0.05) is 24.5 Å². The Morgan fingerprint density at radius 1 is 1.12 bits per heavy atom. The zero-order chi connectivity index (χ0) is 11.4. The molecule has 1 aromatic heterocycles. The van der Waals surface area contributed by atoms with Gasteiger partial charge in [-0.15, -0.1) is 0 Å². The van der Waals surface area contributed by atoms with Gasteiger partial charge in [-0.1, -0.05) is 29.8 Å². The van der Waals surface area contributed by atoms with Crippen LogP contribution in [0.1, 0.15) is 12.5 Å². The lowest BCUT2D eigenvalue weighted by Crippen LogP contribution is -2.01. The average Bonchev–Trinajstić information content (AvgIpc) is 2.30. The first-order chi connectivity index (χ1) is 7.79. The van der Waals surface area contributed by atoms with Gasteiger partial charge < -0.3 is 5.32 Å². The molecule has 2 aromatic rings. The molecule has 0 aliphatic carbocycles. The van der Waals surface area contributed by atoms with Gasteiger partial charge in [0.05, 0.1) is 0 Å². The van der Waals surface area contributed by atoms with Crippen molar-refractivity contribution in [1.29, 1.82) is 0 Å². The van der Waals surface area contributed by atoms with E-state index in [-0.39, 0.29) is 0 Å². The van der Waals surface area contributed by atoms with Gasteiger partial charge in [-0.25, -0.2) is 9.97 Å². The van der Waals surface area contributed by atoms with Crippen molar-refractivity contribution >= 4 is 5.95 Å². The van der Waals surface area contributed by atoms with E-state index in [0.717, 1.165) is 17.7 Å². The number of rotatable bonds is 3. The van der Waals surface area contributed by atoms with Crippen LogP contribution in [0.3, 0.4) is 0 Å². The number of aromatic nitrogens is 2. The molecule has 0 spiro atoms. The Kier molecular flexibility index (Phi) is 3.15. The third-order valence-corrected chi connectivity index (χ3v) is 2.34. The fraction of sp³-hybridized carbons (Fsp3) is 0.231. The van der Waals surface area contributed by atoms with E-state index in [0.29, 0.717) is 5.95 Å². The Bertz CT molecular complexity index is 463. The number of nitrogens with one attached hydrogen (secondary N) is 1. The summed E-state index contributed by atoms with van der Waals surface area (Å²) in [5.74, 6) is 0.680. The monoisotopic (exact) mass is 213 g/mol. The zero-order valence-corrected chi connectivity index (χ0v) is 9.57. The fourth-order valence-electron chi connectivity index (χ4n) is 1.55. The molecular formula is C13H15N3. The molecule has 0 saturated carbocycles. The van der Waals surface area contributed by atoms with Crippen LogP contribution in [-0.4, -0.2) is 16.5 Å². The number of anilines is 1. The number of hydrogen-bond acceptors (Lipinski definition) is 3. The SMILES string of the molecule is CCNc1ncc(-c2cccc(C)c2)cn1. The molecule has 16 heavy (non-hydrogen) atoms. The summed E-state index contributed by atoms with van der Waals surface area (Å²) in [5, 5.41) is 3.08. The van der Waals surface area contributed by atoms with Crippen LogP contribution in [0.4, 0.5) is 5.95 Å². The molecule has 2 rings (SSSR count). The van der Waals surface area contributed by atoms with Gasteiger partial charge in [0.25, 0.3) is 0 Å². The van der Waals surface area contributed by atoms with Crippen molar-refractivity contribution in [3.8, 4) is 11.1 Å². The fourth-order valence-corrected chi connectivity index (χ4v) is 1.55. The summed E-state index contributed by atoms with van der Waals surface area (Å²) in [6.45, 7) is 4.94. The summed E-state index contributed by atoms with van der Waals surface area (Å²) in [6, 6.07) is 8.32. The maximum Gasteiger partial charge on any atom is 0.222 e. The number of hydrogen-bond donors (Lipinski definition) is 1. The van der Waals surface area contributed by atoms with Crippen molar-refractivity contribution in [1.82, 2.24) is 9.97 Å². The molecule has 0 aliphatic heterocycles. The van der Waals surface area contributed by atoms with E-state index < -0.39 is 0 Å². The van der Waals surface area contributed by atoms with Crippen LogP contribution < -0.4 is 5.32 Å². The quantitative estimate of drug-likeness (QED) is 0.851. The lowest BCUT2D eigenvalue weighted by molar-refractivity contribution is 1.09. The highest BCUT2D eigenvalue weighted by Crippen LogP contribution is 2.18. The van der Waals surface area contributed by atoms with Crippen molar-refractivity contribution in [3.05, 3.63) is 42.2 Å². The molecule has 1 aromatic carbocycles. The second-order valence-corrected chi connectivity index (χ2v) is 3.70. The highest BCUT2D eigenvalue weighted by atomic mass is 15.1. The van der Waals surface area contributed by atoms with E-state index in [9.17, 15) is 0 Å². The Hall–Kier alpha value is -1.90. The molecule has 0 fully saturated rings. The van der Waals surface area contributed by atoms with Crippen LogP contribution in [0.5, 0.6) is 0 Å². The average molecular weight is 213 g/mol. The Morgan fingerprint density at radius 2 is 1.88 bits per heavy atom. The molecule has 0 saturated heterocycles. The van der Waals surface area contributed by atoms with Gasteiger partial charge in [-0.3, -0.25) is 0 Å². The summed E-state index contributed by atoms with van der Waals surface area (Å²) in [6.07, 6.45) is 3.69. The molecule has 0 atom stereocenters. The summed E-state index contributed by atoms with van der Waals surface area (Å²) in [4.78, 5) is 8.50. The molecule has 0 radical (unpaired) electrons. The molecule has 3 nitrogen and oxygen atoms in total. The highest BCUT2D eigenvalue weighted by Gasteiger charge is 1.99. The van der Waals surface area contributed by atoms with Gasteiger partial charge in [0.1, 0.15) is 0 Å². The smallest absolute Gasteiger partial charge is 0.222 e. The van der Waals surface area contributed by atoms with Crippen molar-refractivity contribution < 1.29 is 0 Å². The predicted octanol–water partition coefficient (Wildman–Crippen LogP) is 2.88. The van der Waals surface area contributed by atoms with Gasteiger partial charge >= 0.3 is 0 Å². The van der Waals surface area contributed by atoms with Gasteiger partial charge in [0.15, 0.2) is 0 Å². The first kappa shape index (κ1) is 10.6. The van der Waals surface area contributed by atoms with E-state index in [2.05, 4.69) is 40.4 Å². The van der Waals surface area contributed by atoms with E-state index in [4.69, 9.17) is 0 Å². The van der Waals surface area contributed by atoms with Crippen LogP contribution >= 0.6 is 0 Å². The first-order valence-corrected chi connectivity index (χ1v) is 5.42. The van der Waals surface area contributed by atoms with Gasteiger partial charge in [-0.2, -0.15) is 0 Å². The lowest BCUT2D eigenvalue weighted by atomic mass is 10.1. The highest BCUT2D eigenvalue weighted by molar-refractivity contribution is 5.62. The van der Waals surface area contributed by atoms with E-state index in [1.807, 2.05) is 25.4 Å². The molecule has 0 aliphatic rings. The standard InChI is InChI=1S/C13H15N3/c1-3-14-13-15-8-12(9-16-13)11-6-4-5-10(2)7-11/h4-9H,3H2,1-2H3,(H,14,15,16). The van der Waals surface area contributed by atoms with Crippen molar-refractivity contribution in [2.75, 3.05) is 11.9 Å². The summed E-state index contributed by atoms with van der Waals surface area (Å²) in [7, 11) is 0. The van der Waals surface area contributed by atoms with E-state index in [1.165, 1.54) is 5.56 Å². The maximum absolute atomic E-state index is 4.25. The van der Waals surface area contributed by atoms with Gasteiger partial charge in [-0.05, 0) is 19.4 Å². The number of benzene rings is 1. The molecule has 1 N–H and O–H groups in total. The first-order valence-electron chi connectivity index (χ1n) is 5.42. The molecule has 1 heterocycles. The summed E-state index contributed by atoms with van der Waals surface area (Å²) >= 11 is 0. The molecule has 0 amide bonds. The predicted molar refractivity (Wildman–Crippen MR) is 66.4 cm³/mol. The zero-order valence-electron chi connectivity index (χ0n) is 9.57. The van der Waals surface area contributed by atoms with Crippen molar-refractivity contribution in [2.24, 2.45) is 0 Å². The number of nitrogens with zero attached hydrogens (tertiary/aromatic N) is 2. The van der Waals surface area contributed by atoms with Crippen LogP contribution in [0.25, 0.3) is 11.1 Å². The molecular weight excluding hydrogens is 198 g/mol. The molecule has 0 unspecified atom stereocenters. The Balaban J connectivity index is 2.27. The van der Waals surface area contributed by atoms with Crippen LogP contribution in [0, 0.1) is 6.92 Å². The van der Waals surface area contributed by atoms with E-state index >= 15 is 0 Å². The molecule has 0 bridgehead atoms. The number of aryl methyl sites for hydroxylation is 1. The van der Waals surface area contributed by atoms with Crippen LogP contribution in [0.15, 0.2) is 36.7 Å². The van der Waals surface area contributed by atoms with Crippen molar-refractivity contribution in [2.45, 2.75) is 13.8 Å². The van der Waals surface area contributed by atoms with Crippen molar-refractivity contribution in [3.63, 3.8) is 0 Å². The topological polar surface area (TPSA) is 37.8 Å². The third-order valence-electron chi connectivity index (χ3n) is 2.34. The third kappa shape index (κ3) is 2.37. The molecule has 82 valence electrons. The molecule has 3 heteroatoms.